The number of anilines is 2. The number of allylic oxidation sites excluding steroid dienone is 6. The molecule has 1 aliphatic carbocycles. The van der Waals surface area contributed by atoms with Crippen LogP contribution < -0.4 is 40.5 Å². The van der Waals surface area contributed by atoms with E-state index in [1.54, 1.807) is 122 Å². The van der Waals surface area contributed by atoms with Gasteiger partial charge in [0.2, 0.25) is 47.3 Å². The molecule has 2 aromatic rings. The van der Waals surface area contributed by atoms with E-state index in [0.29, 0.717) is 73.7 Å². The van der Waals surface area contributed by atoms with Gasteiger partial charge in [-0.05, 0) is 128 Å². The van der Waals surface area contributed by atoms with Gasteiger partial charge in [0, 0.05) is 136 Å². The van der Waals surface area contributed by atoms with E-state index in [-0.39, 0.29) is 107 Å². The number of halogens is 2. The number of fused-ring (bicyclic) bond motifs is 10. The molecule has 2 aromatic carbocycles. The lowest BCUT2D eigenvalue weighted by molar-refractivity contribution is -0.162. The molecular formula is C89H125Cl2N9O24S3. The molecule has 2 unspecified atom stereocenters. The summed E-state index contributed by atoms with van der Waals surface area (Å²) in [6.07, 6.45) is 5.50. The summed E-state index contributed by atoms with van der Waals surface area (Å²) in [7, 11) is 18.3. The topological polar surface area (TPSA) is 409 Å². The number of nitrogens with zero attached hydrogens (tertiary/aromatic N) is 5. The van der Waals surface area contributed by atoms with Gasteiger partial charge in [-0.15, -0.1) is 11.8 Å². The number of ether oxygens (including phenoxy) is 10. The summed E-state index contributed by atoms with van der Waals surface area (Å²) < 4.78 is 58.7. The highest BCUT2D eigenvalue weighted by Gasteiger charge is 2.66. The largest absolute Gasteiger partial charge is 0.495 e. The van der Waals surface area contributed by atoms with E-state index in [4.69, 9.17) is 70.6 Å². The van der Waals surface area contributed by atoms with Crippen molar-refractivity contribution in [3.8, 4) is 11.5 Å². The zero-order valence-electron chi connectivity index (χ0n) is 75.8. The van der Waals surface area contributed by atoms with Crippen LogP contribution in [0.25, 0.3) is 0 Å². The fraction of sp³-hybridized carbons (Fsp3) is 0.640. The van der Waals surface area contributed by atoms with Crippen LogP contribution in [0.5, 0.6) is 11.5 Å². The number of carbonyl (C=O) groups is 12. The molecule has 0 aromatic heterocycles. The standard InChI is InChI=1S/C48H66ClN5O13S.C41H59ClN4O11S2/c1-26-11-10-12-36(64-9)48(62)24-34(65-46(61)51-48)27(2)42-47(4,67-42)37(23-39(56)53(7)32-20-30(19-26)21-33(63-8)41(32)49)66-45(60)28(3)52(6)38(55)17-18-68-35-22-40(57)54(44(35)59)25-29-13-15-31(16-14-29)43(58)50-5;1-23-12-11-13-31(54-10)41(52)22-30(55-39(51)44-41)25(3)37-40(5,57-37)32(21-35(49)46(8)28-19-27(18-23)20-29(53-9)36(28)42)56-38(50)26(4)45(7)34(48)16-17-58-59-24(2)14-15-33(47)43-6/h10-12,20-21,27-29,31,34-37,42,62H,13-19,22-25H2,1-9H3,(H,50,58)(H,51,61);11-13,19-20,24-26,30-32,37,52H,14-18,21-22H2,1-10H3,(H,43,47)(H,44,51)/b12-10+,26-11+;13-11+,23-12+/t27-,28+,29?,31?,34+,35?,36-,37+,42+,47+,48+;24?,25-,26+,30+,31-,32+,37+,40+,41+/m11/s1. The third kappa shape index (κ3) is 25.3. The second-order valence-corrected chi connectivity index (χ2v) is 39.5. The highest BCUT2D eigenvalue weighted by Crippen LogP contribution is 2.52. The molecule has 6 N–H and O–H groups in total. The van der Waals surface area contributed by atoms with E-state index < -0.39 is 142 Å². The van der Waals surface area contributed by atoms with Crippen molar-refractivity contribution in [2.45, 2.75) is 253 Å². The van der Waals surface area contributed by atoms with Crippen LogP contribution in [0.15, 0.2) is 71.9 Å². The number of thioether (sulfide) groups is 1. The van der Waals surface area contributed by atoms with Gasteiger partial charge in [0.15, 0.2) is 11.4 Å². The van der Waals surface area contributed by atoms with E-state index in [2.05, 4.69) is 21.3 Å². The lowest BCUT2D eigenvalue weighted by Gasteiger charge is -2.42. The third-order valence-corrected chi connectivity index (χ3v) is 30.4. The lowest BCUT2D eigenvalue weighted by atomic mass is 9.81. The molecule has 38 heteroatoms. The Morgan fingerprint density at radius 2 is 1.07 bits per heavy atom. The summed E-state index contributed by atoms with van der Waals surface area (Å²) in [6, 6.07) is 4.99. The molecule has 0 radical (unpaired) electrons. The van der Waals surface area contributed by atoms with Gasteiger partial charge >= 0.3 is 24.1 Å². The van der Waals surface area contributed by atoms with Crippen molar-refractivity contribution in [2.24, 2.45) is 23.7 Å². The number of benzene rings is 2. The van der Waals surface area contributed by atoms with Crippen LogP contribution in [0.2, 0.25) is 10.0 Å². The summed E-state index contributed by atoms with van der Waals surface area (Å²) >= 11 is 14.8. The third-order valence-electron chi connectivity index (χ3n) is 25.5. The predicted octanol–water partition coefficient (Wildman–Crippen LogP) is 9.52. The number of hydrogen-bond acceptors (Lipinski definition) is 27. The summed E-state index contributed by atoms with van der Waals surface area (Å²) in [5.41, 5.74) is -2.11. The van der Waals surface area contributed by atoms with Gasteiger partial charge in [-0.25, -0.2) is 19.2 Å². The normalized spacial score (nSPS) is 31.3. The number of hydrogen-bond donors (Lipinski definition) is 6. The first-order valence-corrected chi connectivity index (χ1v) is 47.0. The minimum atomic E-state index is -1.87. The number of alkyl carbamates (subject to hydrolysis) is 2. The number of methoxy groups -OCH3 is 4. The van der Waals surface area contributed by atoms with Crippen molar-refractivity contribution < 1.29 is 115 Å². The number of rotatable bonds is 25. The second kappa shape index (κ2) is 44.6. The van der Waals surface area contributed by atoms with Crippen LogP contribution in [0.4, 0.5) is 21.0 Å². The Bertz CT molecular complexity index is 4520. The van der Waals surface area contributed by atoms with Crippen LogP contribution in [0, 0.1) is 23.7 Å². The Morgan fingerprint density at radius 1 is 0.630 bits per heavy atom. The van der Waals surface area contributed by atoms with Crippen LogP contribution in [0.1, 0.15) is 157 Å². The first-order chi connectivity index (χ1) is 59.9. The molecule has 0 spiro atoms. The van der Waals surface area contributed by atoms with E-state index in [1.165, 1.54) is 96.5 Å². The number of likely N-dealkylation sites (N-methyl/N-ethyl adjacent to an activating group) is 2. The smallest absolute Gasteiger partial charge is 0.409 e. The maximum atomic E-state index is 14.3. The zero-order valence-corrected chi connectivity index (χ0v) is 79.8. The number of esters is 2. The maximum Gasteiger partial charge on any atom is 0.409 e. The van der Waals surface area contributed by atoms with E-state index in [0.717, 1.165) is 35.1 Å². The Balaban J connectivity index is 0.000000290. The molecule has 33 nitrogen and oxygen atoms in total. The Hall–Kier alpha value is -8.17. The van der Waals surface area contributed by atoms with Gasteiger partial charge in [0.05, 0.1) is 55.9 Å². The summed E-state index contributed by atoms with van der Waals surface area (Å²) in [5, 5.41) is 33.9. The number of nitrogens with one attached hydrogen (secondary N) is 4. The van der Waals surface area contributed by atoms with Gasteiger partial charge in [-0.1, -0.05) is 113 Å². The van der Waals surface area contributed by atoms with E-state index in [1.807, 2.05) is 32.9 Å². The maximum absolute atomic E-state index is 14.3. The minimum absolute atomic E-state index is 0.0137. The summed E-state index contributed by atoms with van der Waals surface area (Å²) in [6.45, 7) is 16.2. The van der Waals surface area contributed by atoms with Crippen molar-refractivity contribution >= 4 is 139 Å². The zero-order chi connectivity index (χ0) is 93.6. The molecule has 1 saturated carbocycles. The SMILES string of the molecule is CNC(=O)C1CCC(CN2C(=O)CC(SCCC(=O)N(C)[C@@H](C)C(=O)O[C@H]3CC(=O)N(C)c4cc(cc(OC)c4Cl)C/C(C)=C/C=C/[C@@H](OC)[C@@]4(O)C[C@H](OC(=O)N4)[C@@H](C)[C@@H]4O[C@@]34C)C2=O)CC1.CNC(=O)CCC(C)SSCCC(=O)N(C)[C@@H](C)C(=O)O[C@H]1CC(=O)N(C)c2cc(cc(OC)c2Cl)C/C(C)=C/C=C/[C@@H](OC)[C@@]2(O)C[C@H](OC(=O)N2)[C@@H](C)[C@@H]2O[C@@]12C. The predicted molar refractivity (Wildman–Crippen MR) is 481 cm³/mol. The minimum Gasteiger partial charge on any atom is -0.495 e. The van der Waals surface area contributed by atoms with Gasteiger partial charge < -0.3 is 87.8 Å². The van der Waals surface area contributed by atoms with Crippen LogP contribution in [-0.4, -0.2) is 279 Å². The number of amides is 10. The van der Waals surface area contributed by atoms with Gasteiger partial charge in [-0.3, -0.25) is 53.9 Å². The fourth-order valence-corrected chi connectivity index (χ4v) is 21.0. The van der Waals surface area contributed by atoms with Crippen LogP contribution in [0.3, 0.4) is 0 Å². The van der Waals surface area contributed by atoms with Crippen molar-refractivity contribution in [1.29, 1.82) is 0 Å². The molecule has 7 heterocycles. The van der Waals surface area contributed by atoms with E-state index in [9.17, 15) is 67.7 Å². The number of imide groups is 1. The van der Waals surface area contributed by atoms with Crippen molar-refractivity contribution in [3.63, 3.8) is 0 Å². The van der Waals surface area contributed by atoms with Crippen LogP contribution >= 0.6 is 56.6 Å². The molecule has 702 valence electrons. The molecule has 6 fully saturated rings. The average Bonchev–Trinajstić information content (AvgIpc) is 1.57. The Labute approximate surface area is 765 Å². The first-order valence-electron chi connectivity index (χ1n) is 42.8. The molecule has 10 amide bonds. The molecule has 5 saturated heterocycles. The fourth-order valence-electron chi connectivity index (χ4n) is 16.9. The summed E-state index contributed by atoms with van der Waals surface area (Å²) in [5.74, 6) is -3.33. The van der Waals surface area contributed by atoms with Crippen molar-refractivity contribution in [3.05, 3.63) is 93.0 Å². The Kier molecular flexibility index (Phi) is 36.0. The lowest BCUT2D eigenvalue weighted by Crippen LogP contribution is -2.63. The number of likely N-dealkylation sites (tertiary alicyclic amines) is 1. The monoisotopic (exact) mass is 1870 g/mol. The number of carbonyl (C=O) groups excluding carboxylic acids is 12. The molecular weight excluding hydrogens is 1750 g/mol. The second-order valence-electron chi connectivity index (χ2n) is 34.5. The molecule has 127 heavy (non-hydrogen) atoms. The Morgan fingerprint density at radius 3 is 1.49 bits per heavy atom. The molecule has 10 rings (SSSR count). The first kappa shape index (κ1) is 103. The molecule has 8 bridgehead atoms. The molecule has 8 aliphatic rings. The van der Waals surface area contributed by atoms with Gasteiger partial charge in [0.1, 0.15) is 81.5 Å². The highest BCUT2D eigenvalue weighted by atomic mass is 35.5. The average molecular weight is 1870 g/mol. The van der Waals surface area contributed by atoms with Gasteiger partial charge in [-0.2, -0.15) is 0 Å². The number of epoxide rings is 2. The molecule has 7 aliphatic heterocycles. The summed E-state index contributed by atoms with van der Waals surface area (Å²) in [4.78, 5) is 166. The van der Waals surface area contributed by atoms with Crippen molar-refractivity contribution in [2.75, 3.05) is 98.6 Å². The molecule has 18 atom stereocenters. The van der Waals surface area contributed by atoms with Gasteiger partial charge in [0.25, 0.3) is 0 Å². The number of aliphatic hydroxyl groups is 2. The van der Waals surface area contributed by atoms with Crippen molar-refractivity contribution in [1.82, 2.24) is 36.0 Å². The highest BCUT2D eigenvalue weighted by molar-refractivity contribution is 8.76. The van der Waals surface area contributed by atoms with Crippen LogP contribution in [-0.2, 0) is 98.7 Å². The quantitative estimate of drug-likeness (QED) is 0.0134. The van der Waals surface area contributed by atoms with E-state index >= 15 is 0 Å².